The van der Waals surface area contributed by atoms with E-state index >= 15 is 0 Å². The third-order valence-corrected chi connectivity index (χ3v) is 5.84. The summed E-state index contributed by atoms with van der Waals surface area (Å²) in [5.74, 6) is 4.06. The molecule has 4 rings (SSSR count). The molecule has 168 valence electrons. The lowest BCUT2D eigenvalue weighted by atomic mass is 9.94. The van der Waals surface area contributed by atoms with E-state index in [9.17, 15) is 0 Å². The van der Waals surface area contributed by atoms with Crippen LogP contribution >= 0.6 is 0 Å². The van der Waals surface area contributed by atoms with Gasteiger partial charge >= 0.3 is 0 Å². The predicted molar refractivity (Wildman–Crippen MR) is 125 cm³/mol. The molecule has 0 N–H and O–H groups in total. The van der Waals surface area contributed by atoms with Crippen LogP contribution in [0.4, 0.5) is 0 Å². The lowest BCUT2D eigenvalue weighted by Crippen LogP contribution is -2.16. The normalized spacial score (nSPS) is 12.3. The smallest absolute Gasteiger partial charge is 0.161 e. The van der Waals surface area contributed by atoms with Crippen molar-refractivity contribution in [2.24, 2.45) is 0 Å². The second kappa shape index (κ2) is 10.3. The number of ether oxygens (including phenoxy) is 5. The van der Waals surface area contributed by atoms with E-state index in [1.807, 2.05) is 24.3 Å². The van der Waals surface area contributed by atoms with Crippen LogP contribution in [-0.2, 0) is 25.7 Å². The van der Waals surface area contributed by atoms with Crippen LogP contribution in [0.2, 0.25) is 0 Å². The van der Waals surface area contributed by atoms with E-state index in [1.165, 1.54) is 22.3 Å². The largest absolute Gasteiger partial charge is 0.497 e. The van der Waals surface area contributed by atoms with Crippen LogP contribution in [0.3, 0.4) is 0 Å². The molecular weight excluding hydrogens is 404 g/mol. The van der Waals surface area contributed by atoms with Gasteiger partial charge in [0.05, 0.1) is 21.3 Å². The van der Waals surface area contributed by atoms with Crippen molar-refractivity contribution >= 4 is 0 Å². The summed E-state index contributed by atoms with van der Waals surface area (Å²) in [6.45, 7) is 1.18. The lowest BCUT2D eigenvalue weighted by molar-refractivity contribution is 0.171. The van der Waals surface area contributed by atoms with Crippen molar-refractivity contribution in [3.63, 3.8) is 0 Å². The van der Waals surface area contributed by atoms with Gasteiger partial charge in [0, 0.05) is 0 Å². The average molecular weight is 435 g/mol. The number of hydrogen-bond acceptors (Lipinski definition) is 5. The van der Waals surface area contributed by atoms with Gasteiger partial charge < -0.3 is 23.7 Å². The molecule has 0 spiro atoms. The van der Waals surface area contributed by atoms with Crippen molar-refractivity contribution in [3.05, 3.63) is 76.9 Å². The molecule has 1 aliphatic rings. The molecule has 0 radical (unpaired) electrons. The number of aryl methyl sites for hydroxylation is 4. The van der Waals surface area contributed by atoms with E-state index < -0.39 is 0 Å². The molecule has 1 heterocycles. The standard InChI is InChI=1S/C27H30O5/c1-28-23-11-6-19(7-12-23)4-9-21-17-26-27(32-15-14-31-26)18-22(21)10-5-20-8-13-24(29-2)25(16-20)30-3/h6-8,11-13,16-18H,4-5,9-10,14-15H2,1-3H3. The monoisotopic (exact) mass is 434 g/mol. The second-order valence-electron chi connectivity index (χ2n) is 7.80. The zero-order valence-corrected chi connectivity index (χ0v) is 19.0. The second-order valence-corrected chi connectivity index (χ2v) is 7.80. The van der Waals surface area contributed by atoms with Crippen molar-refractivity contribution in [1.82, 2.24) is 0 Å². The topological polar surface area (TPSA) is 46.2 Å². The van der Waals surface area contributed by atoms with Crippen LogP contribution in [0.5, 0.6) is 28.7 Å². The lowest BCUT2D eigenvalue weighted by Gasteiger charge is -2.21. The summed E-state index contributed by atoms with van der Waals surface area (Å²) in [6, 6.07) is 18.7. The third kappa shape index (κ3) is 5.10. The van der Waals surface area contributed by atoms with Gasteiger partial charge in [-0.25, -0.2) is 0 Å². The number of hydrogen-bond donors (Lipinski definition) is 0. The highest BCUT2D eigenvalue weighted by Crippen LogP contribution is 2.35. The number of methoxy groups -OCH3 is 3. The Kier molecular flexibility index (Phi) is 7.05. The van der Waals surface area contributed by atoms with Crippen LogP contribution < -0.4 is 23.7 Å². The van der Waals surface area contributed by atoms with Crippen LogP contribution in [-0.4, -0.2) is 34.5 Å². The van der Waals surface area contributed by atoms with Crippen LogP contribution in [0.15, 0.2) is 54.6 Å². The van der Waals surface area contributed by atoms with E-state index in [0.717, 1.165) is 54.4 Å². The Labute approximate surface area is 189 Å². The molecule has 0 amide bonds. The van der Waals surface area contributed by atoms with Gasteiger partial charge in [-0.15, -0.1) is 0 Å². The summed E-state index contributed by atoms with van der Waals surface area (Å²) in [7, 11) is 5.01. The Morgan fingerprint density at radius 2 is 1.16 bits per heavy atom. The summed E-state index contributed by atoms with van der Waals surface area (Å²) < 4.78 is 27.8. The molecule has 32 heavy (non-hydrogen) atoms. The minimum absolute atomic E-state index is 0.591. The highest BCUT2D eigenvalue weighted by atomic mass is 16.6. The average Bonchev–Trinajstić information content (AvgIpc) is 2.86. The molecule has 0 unspecified atom stereocenters. The molecule has 0 fully saturated rings. The Balaban J connectivity index is 1.53. The Morgan fingerprint density at radius 3 is 1.72 bits per heavy atom. The molecule has 1 aliphatic heterocycles. The Hall–Kier alpha value is -3.34. The molecule has 0 atom stereocenters. The summed E-state index contributed by atoms with van der Waals surface area (Å²) in [5, 5.41) is 0. The van der Waals surface area contributed by atoms with Gasteiger partial charge in [0.2, 0.25) is 0 Å². The molecular formula is C27H30O5. The van der Waals surface area contributed by atoms with Gasteiger partial charge in [-0.2, -0.15) is 0 Å². The van der Waals surface area contributed by atoms with Gasteiger partial charge in [-0.3, -0.25) is 0 Å². The first kappa shape index (κ1) is 21.9. The Bertz CT molecular complexity index is 1040. The molecule has 5 nitrogen and oxygen atoms in total. The first-order valence-corrected chi connectivity index (χ1v) is 11.0. The SMILES string of the molecule is COc1ccc(CCc2cc3c(cc2CCc2ccc(OC)c(OC)c2)OCCO3)cc1. The fourth-order valence-corrected chi connectivity index (χ4v) is 4.02. The first-order valence-electron chi connectivity index (χ1n) is 11.0. The van der Waals surface area contributed by atoms with Crippen molar-refractivity contribution in [2.75, 3.05) is 34.5 Å². The molecule has 0 aromatic heterocycles. The fourth-order valence-electron chi connectivity index (χ4n) is 4.02. The van der Waals surface area contributed by atoms with E-state index in [2.05, 4.69) is 30.3 Å². The summed E-state index contributed by atoms with van der Waals surface area (Å²) in [6.07, 6.45) is 3.69. The van der Waals surface area contributed by atoms with Crippen molar-refractivity contribution < 1.29 is 23.7 Å². The maximum atomic E-state index is 5.85. The van der Waals surface area contributed by atoms with Gasteiger partial charge in [0.25, 0.3) is 0 Å². The van der Waals surface area contributed by atoms with Crippen LogP contribution in [0.1, 0.15) is 22.3 Å². The zero-order valence-electron chi connectivity index (χ0n) is 19.0. The highest BCUT2D eigenvalue weighted by molar-refractivity contribution is 5.49. The Morgan fingerprint density at radius 1 is 0.594 bits per heavy atom. The van der Waals surface area contributed by atoms with Crippen molar-refractivity contribution in [1.29, 1.82) is 0 Å². The van der Waals surface area contributed by atoms with Crippen molar-refractivity contribution in [2.45, 2.75) is 25.7 Å². The van der Waals surface area contributed by atoms with Gasteiger partial charge in [-0.1, -0.05) is 18.2 Å². The quantitative estimate of drug-likeness (QED) is 0.471. The van der Waals surface area contributed by atoms with Crippen LogP contribution in [0.25, 0.3) is 0 Å². The molecule has 3 aromatic carbocycles. The first-order chi connectivity index (χ1) is 15.7. The zero-order chi connectivity index (χ0) is 22.3. The predicted octanol–water partition coefficient (Wildman–Crippen LogP) is 5.05. The van der Waals surface area contributed by atoms with E-state index in [0.29, 0.717) is 13.2 Å². The number of fused-ring (bicyclic) bond motifs is 1. The van der Waals surface area contributed by atoms with Crippen LogP contribution in [0, 0.1) is 0 Å². The summed E-state index contributed by atoms with van der Waals surface area (Å²) in [4.78, 5) is 0. The fraction of sp³-hybridized carbons (Fsp3) is 0.333. The third-order valence-electron chi connectivity index (χ3n) is 5.84. The van der Waals surface area contributed by atoms with E-state index in [-0.39, 0.29) is 0 Å². The maximum Gasteiger partial charge on any atom is 0.161 e. The summed E-state index contributed by atoms with van der Waals surface area (Å²) in [5.41, 5.74) is 5.08. The number of rotatable bonds is 9. The molecule has 3 aromatic rings. The maximum absolute atomic E-state index is 5.85. The molecule has 5 heteroatoms. The molecule has 0 aliphatic carbocycles. The molecule has 0 saturated carbocycles. The van der Waals surface area contributed by atoms with Gasteiger partial charge in [0.15, 0.2) is 23.0 Å². The van der Waals surface area contributed by atoms with Gasteiger partial charge in [-0.05, 0) is 84.3 Å². The minimum atomic E-state index is 0.591. The highest BCUT2D eigenvalue weighted by Gasteiger charge is 2.16. The van der Waals surface area contributed by atoms with E-state index in [1.54, 1.807) is 21.3 Å². The minimum Gasteiger partial charge on any atom is -0.497 e. The molecule has 0 saturated heterocycles. The molecule has 0 bridgehead atoms. The summed E-state index contributed by atoms with van der Waals surface area (Å²) >= 11 is 0. The number of benzene rings is 3. The van der Waals surface area contributed by atoms with Crippen molar-refractivity contribution in [3.8, 4) is 28.7 Å². The van der Waals surface area contributed by atoms with E-state index in [4.69, 9.17) is 23.7 Å². The van der Waals surface area contributed by atoms with Gasteiger partial charge in [0.1, 0.15) is 19.0 Å².